The number of ether oxygens (including phenoxy) is 1. The van der Waals surface area contributed by atoms with Crippen LogP contribution in [-0.2, 0) is 11.2 Å². The lowest BCUT2D eigenvalue weighted by Crippen LogP contribution is -2.31. The van der Waals surface area contributed by atoms with Crippen LogP contribution in [0.5, 0.6) is 5.75 Å². The van der Waals surface area contributed by atoms with Gasteiger partial charge in [-0.05, 0) is 42.7 Å². The maximum Gasteiger partial charge on any atom is 0.335 e. The molecule has 1 aromatic heterocycles. The van der Waals surface area contributed by atoms with E-state index in [1.54, 1.807) is 23.2 Å². The summed E-state index contributed by atoms with van der Waals surface area (Å²) in [4.78, 5) is 24.8. The van der Waals surface area contributed by atoms with Gasteiger partial charge in [0.2, 0.25) is 5.91 Å². The number of rotatable bonds is 7. The Kier molecular flexibility index (Phi) is 5.52. The molecule has 0 unspecified atom stereocenters. The molecule has 0 aliphatic carbocycles. The summed E-state index contributed by atoms with van der Waals surface area (Å²) in [6, 6.07) is 5.98. The molecule has 1 aliphatic heterocycles. The number of amides is 1. The zero-order valence-corrected chi connectivity index (χ0v) is 14.2. The van der Waals surface area contributed by atoms with E-state index < -0.39 is 18.2 Å². The maximum atomic E-state index is 12.3. The molecule has 3 N–H and O–H groups in total. The molecule has 0 radical (unpaired) electrons. The molecular weight excluding hydrogens is 338 g/mol. The number of carbonyl (C=O) groups excluding carboxylic acids is 1. The molecule has 2 heterocycles. The van der Waals surface area contributed by atoms with Crippen LogP contribution in [0.4, 0.5) is 0 Å². The van der Waals surface area contributed by atoms with E-state index in [0.29, 0.717) is 25.1 Å². The van der Waals surface area contributed by atoms with Crippen molar-refractivity contribution in [1.29, 1.82) is 0 Å². The molecule has 1 aliphatic rings. The highest BCUT2D eigenvalue weighted by Crippen LogP contribution is 2.20. The number of aryl methyl sites for hydroxylation is 1. The van der Waals surface area contributed by atoms with Gasteiger partial charge in [-0.1, -0.05) is 0 Å². The molecule has 1 aromatic carbocycles. The molecule has 3 rings (SSSR count). The lowest BCUT2D eigenvalue weighted by Gasteiger charge is -2.17. The van der Waals surface area contributed by atoms with Crippen molar-refractivity contribution >= 4 is 11.9 Å². The number of carboxylic acids is 1. The summed E-state index contributed by atoms with van der Waals surface area (Å²) in [5, 5.41) is 25.7. The highest BCUT2D eigenvalue weighted by molar-refractivity contribution is 5.87. The first-order valence-corrected chi connectivity index (χ1v) is 8.46. The number of aromatic carboxylic acids is 1. The van der Waals surface area contributed by atoms with Gasteiger partial charge in [0, 0.05) is 12.6 Å². The summed E-state index contributed by atoms with van der Waals surface area (Å²) < 4.78 is 5.72. The van der Waals surface area contributed by atoms with E-state index in [9.17, 15) is 14.7 Å². The normalized spacial score (nSPS) is 19.5. The molecule has 1 amide bonds. The van der Waals surface area contributed by atoms with Crippen molar-refractivity contribution in [2.24, 2.45) is 0 Å². The number of β-amino-alcohol motifs (C(OH)–C–C–N with tert-alkyl or cyclic N) is 1. The Hall–Kier alpha value is -2.87. The Morgan fingerprint density at radius 3 is 2.69 bits per heavy atom. The molecule has 26 heavy (non-hydrogen) atoms. The fourth-order valence-electron chi connectivity index (χ4n) is 2.94. The van der Waals surface area contributed by atoms with Crippen LogP contribution in [0.2, 0.25) is 0 Å². The minimum absolute atomic E-state index is 0.0140. The monoisotopic (exact) mass is 359 g/mol. The van der Waals surface area contributed by atoms with Gasteiger partial charge in [0.05, 0.1) is 24.8 Å². The molecule has 0 bridgehead atoms. The highest BCUT2D eigenvalue weighted by Gasteiger charge is 2.35. The van der Waals surface area contributed by atoms with Crippen LogP contribution in [0.1, 0.15) is 28.8 Å². The van der Waals surface area contributed by atoms with Gasteiger partial charge in [-0.25, -0.2) is 4.79 Å². The van der Waals surface area contributed by atoms with Gasteiger partial charge in [-0.15, -0.1) is 0 Å². The Labute approximate surface area is 150 Å². The minimum Gasteiger partial charge on any atom is -0.486 e. The number of aliphatic hydroxyl groups is 1. The number of hydrogen-bond donors (Lipinski definition) is 3. The average Bonchev–Trinajstić information content (AvgIpc) is 3.26. The van der Waals surface area contributed by atoms with E-state index in [4.69, 9.17) is 9.84 Å². The Morgan fingerprint density at radius 2 is 2.04 bits per heavy atom. The molecular formula is C18H21N3O5. The lowest BCUT2D eigenvalue weighted by molar-refractivity contribution is -0.130. The van der Waals surface area contributed by atoms with Gasteiger partial charge in [0.1, 0.15) is 18.0 Å². The second-order valence-corrected chi connectivity index (χ2v) is 6.31. The van der Waals surface area contributed by atoms with Crippen LogP contribution in [0.25, 0.3) is 0 Å². The predicted octanol–water partition coefficient (Wildman–Crippen LogP) is 1.08. The van der Waals surface area contributed by atoms with E-state index in [2.05, 4.69) is 10.2 Å². The van der Waals surface area contributed by atoms with Crippen LogP contribution in [0, 0.1) is 0 Å². The van der Waals surface area contributed by atoms with E-state index in [-0.39, 0.29) is 18.0 Å². The van der Waals surface area contributed by atoms with Gasteiger partial charge < -0.3 is 19.8 Å². The number of aliphatic hydroxyl groups excluding tert-OH is 1. The molecule has 1 fully saturated rings. The summed E-state index contributed by atoms with van der Waals surface area (Å²) in [6.45, 7) is 0.550. The van der Waals surface area contributed by atoms with Crippen LogP contribution >= 0.6 is 0 Å². The Bertz CT molecular complexity index is 745. The molecule has 1 saturated heterocycles. The largest absolute Gasteiger partial charge is 0.486 e. The fraction of sp³-hybridized carbons (Fsp3) is 0.389. The van der Waals surface area contributed by atoms with E-state index in [0.717, 1.165) is 12.0 Å². The van der Waals surface area contributed by atoms with Gasteiger partial charge in [0.25, 0.3) is 0 Å². The summed E-state index contributed by atoms with van der Waals surface area (Å²) >= 11 is 0. The summed E-state index contributed by atoms with van der Waals surface area (Å²) in [5.74, 6) is -0.558. The van der Waals surface area contributed by atoms with E-state index >= 15 is 0 Å². The van der Waals surface area contributed by atoms with Crippen molar-refractivity contribution in [3.05, 3.63) is 47.8 Å². The number of likely N-dealkylation sites (tertiary alicyclic amines) is 1. The number of nitrogens with zero attached hydrogens (tertiary/aromatic N) is 2. The van der Waals surface area contributed by atoms with Crippen LogP contribution in [-0.4, -0.2) is 62.5 Å². The first kappa shape index (κ1) is 17.9. The maximum absolute atomic E-state index is 12.3. The standard InChI is InChI=1S/C18H21N3O5/c22-15-10-21(17(23)3-1-2-12-8-19-20-9-12)11-16(15)26-14-6-4-13(5-7-14)18(24)25/h4-9,15-16,22H,1-3,10-11H2,(H,19,20)(H,24,25)/t15-,16-/m1/s1. The van der Waals surface area contributed by atoms with Crippen LogP contribution in [0.3, 0.4) is 0 Å². The van der Waals surface area contributed by atoms with E-state index in [1.165, 1.54) is 12.1 Å². The molecule has 8 heteroatoms. The molecule has 2 atom stereocenters. The third-order valence-corrected chi connectivity index (χ3v) is 4.39. The Balaban J connectivity index is 1.48. The number of aromatic amines is 1. The average molecular weight is 359 g/mol. The third kappa shape index (κ3) is 4.40. The topological polar surface area (TPSA) is 116 Å². The van der Waals surface area contributed by atoms with Gasteiger partial charge in [-0.2, -0.15) is 5.10 Å². The highest BCUT2D eigenvalue weighted by atomic mass is 16.5. The van der Waals surface area contributed by atoms with Gasteiger partial charge in [-0.3, -0.25) is 9.89 Å². The van der Waals surface area contributed by atoms with Crippen LogP contribution < -0.4 is 4.74 Å². The number of hydrogen-bond acceptors (Lipinski definition) is 5. The number of aromatic nitrogens is 2. The van der Waals surface area contributed by atoms with Crippen LogP contribution in [0.15, 0.2) is 36.7 Å². The van der Waals surface area contributed by atoms with Crippen molar-refractivity contribution in [2.75, 3.05) is 13.1 Å². The Morgan fingerprint density at radius 1 is 1.27 bits per heavy atom. The molecule has 2 aromatic rings. The molecule has 0 saturated carbocycles. The second-order valence-electron chi connectivity index (χ2n) is 6.31. The van der Waals surface area contributed by atoms with Crippen molar-refractivity contribution in [3.8, 4) is 5.75 Å². The summed E-state index contributed by atoms with van der Waals surface area (Å²) in [7, 11) is 0. The molecule has 0 spiro atoms. The molecule has 138 valence electrons. The smallest absolute Gasteiger partial charge is 0.335 e. The SMILES string of the molecule is O=C(O)c1ccc(O[C@@H]2CN(C(=O)CCCc3cn[nH]c3)C[C@H]2O)cc1. The minimum atomic E-state index is -1.01. The first-order chi connectivity index (χ1) is 12.5. The number of carbonyl (C=O) groups is 2. The number of nitrogens with one attached hydrogen (secondary N) is 1. The summed E-state index contributed by atoms with van der Waals surface area (Å²) in [5.41, 5.74) is 1.23. The van der Waals surface area contributed by atoms with Gasteiger partial charge in [0.15, 0.2) is 0 Å². The molecule has 8 nitrogen and oxygen atoms in total. The first-order valence-electron chi connectivity index (χ1n) is 8.46. The van der Waals surface area contributed by atoms with Crippen molar-refractivity contribution in [3.63, 3.8) is 0 Å². The number of benzene rings is 1. The zero-order valence-electron chi connectivity index (χ0n) is 14.2. The quantitative estimate of drug-likeness (QED) is 0.681. The van der Waals surface area contributed by atoms with Crippen molar-refractivity contribution in [1.82, 2.24) is 15.1 Å². The third-order valence-electron chi connectivity index (χ3n) is 4.39. The van der Waals surface area contributed by atoms with Crippen molar-refractivity contribution < 1.29 is 24.5 Å². The lowest BCUT2D eigenvalue weighted by atomic mass is 10.1. The fourth-order valence-corrected chi connectivity index (χ4v) is 2.94. The number of carboxylic acid groups (broad SMARTS) is 1. The predicted molar refractivity (Wildman–Crippen MR) is 91.9 cm³/mol. The number of H-pyrrole nitrogens is 1. The van der Waals surface area contributed by atoms with Gasteiger partial charge >= 0.3 is 5.97 Å². The van der Waals surface area contributed by atoms with Crippen molar-refractivity contribution in [2.45, 2.75) is 31.5 Å². The summed E-state index contributed by atoms with van der Waals surface area (Å²) in [6.07, 6.45) is 4.14. The van der Waals surface area contributed by atoms with E-state index in [1.807, 2.05) is 6.20 Å². The zero-order chi connectivity index (χ0) is 18.5. The second kappa shape index (κ2) is 8.01.